The number of aliphatic hydroxyl groups excluding tert-OH is 1. The number of aliphatic carboxylic acids is 1. The predicted octanol–water partition coefficient (Wildman–Crippen LogP) is 3.34. The average molecular weight is 356 g/mol. The van der Waals surface area contributed by atoms with Crippen LogP contribution in [0.1, 0.15) is 78.1 Å². The van der Waals surface area contributed by atoms with Crippen molar-refractivity contribution in [3.63, 3.8) is 0 Å². The highest BCUT2D eigenvalue weighted by Gasteiger charge is 2.50. The number of nitrogens with one attached hydrogen (secondary N) is 1. The van der Waals surface area contributed by atoms with Gasteiger partial charge >= 0.3 is 5.97 Å². The molecular formula is C20H37NO4. The number of aliphatic hydroxyl groups is 1. The molecule has 0 radical (unpaired) electrons. The van der Waals surface area contributed by atoms with Crippen LogP contribution in [0, 0.1) is 11.8 Å². The third-order valence-electron chi connectivity index (χ3n) is 6.04. The molecule has 2 rings (SSSR count). The van der Waals surface area contributed by atoms with E-state index in [0.29, 0.717) is 43.1 Å². The molecule has 5 nitrogen and oxygen atoms in total. The van der Waals surface area contributed by atoms with Crippen molar-refractivity contribution in [3.8, 4) is 0 Å². The summed E-state index contributed by atoms with van der Waals surface area (Å²) in [5.74, 6) is 0.474. The normalized spacial score (nSPS) is 30.5. The molecule has 0 aromatic carbocycles. The maximum atomic E-state index is 10.6. The van der Waals surface area contributed by atoms with E-state index >= 15 is 0 Å². The summed E-state index contributed by atoms with van der Waals surface area (Å²) in [5, 5.41) is 22.2. The Hall–Kier alpha value is -0.650. The number of carboxylic acid groups (broad SMARTS) is 1. The van der Waals surface area contributed by atoms with Crippen LogP contribution in [0.25, 0.3) is 0 Å². The third kappa shape index (κ3) is 6.22. The van der Waals surface area contributed by atoms with E-state index in [-0.39, 0.29) is 6.10 Å². The van der Waals surface area contributed by atoms with Crippen molar-refractivity contribution >= 4 is 5.97 Å². The van der Waals surface area contributed by atoms with Crippen molar-refractivity contribution in [1.82, 2.24) is 5.32 Å². The van der Waals surface area contributed by atoms with Crippen molar-refractivity contribution < 1.29 is 19.7 Å². The van der Waals surface area contributed by atoms with Gasteiger partial charge in [0.2, 0.25) is 0 Å². The SMILES string of the molecule is CCCC(O)CNC(C)C1C2CCC(O2)C1CCCCCCC(=O)O. The summed E-state index contributed by atoms with van der Waals surface area (Å²) < 4.78 is 6.20. The first-order valence-electron chi connectivity index (χ1n) is 10.3. The fourth-order valence-electron chi connectivity index (χ4n) is 4.79. The van der Waals surface area contributed by atoms with Gasteiger partial charge in [-0.3, -0.25) is 4.79 Å². The molecule has 2 heterocycles. The molecule has 5 heteroatoms. The van der Waals surface area contributed by atoms with Gasteiger partial charge in [-0.2, -0.15) is 0 Å². The molecule has 2 aliphatic heterocycles. The zero-order chi connectivity index (χ0) is 18.2. The summed E-state index contributed by atoms with van der Waals surface area (Å²) in [5.41, 5.74) is 0. The summed E-state index contributed by atoms with van der Waals surface area (Å²) in [7, 11) is 0. The monoisotopic (exact) mass is 355 g/mol. The van der Waals surface area contributed by atoms with Gasteiger partial charge in [-0.1, -0.05) is 32.6 Å². The second-order valence-electron chi connectivity index (χ2n) is 8.02. The highest BCUT2D eigenvalue weighted by atomic mass is 16.5. The lowest BCUT2D eigenvalue weighted by Crippen LogP contribution is -2.45. The molecule has 2 aliphatic rings. The second kappa shape index (κ2) is 10.5. The van der Waals surface area contributed by atoms with Crippen LogP contribution >= 0.6 is 0 Å². The molecule has 0 amide bonds. The van der Waals surface area contributed by atoms with Crippen LogP contribution in [0.2, 0.25) is 0 Å². The minimum Gasteiger partial charge on any atom is -0.481 e. The molecule has 2 bridgehead atoms. The van der Waals surface area contributed by atoms with Gasteiger partial charge in [0.05, 0.1) is 18.3 Å². The number of unbranched alkanes of at least 4 members (excludes halogenated alkanes) is 3. The number of hydrogen-bond acceptors (Lipinski definition) is 4. The van der Waals surface area contributed by atoms with E-state index in [4.69, 9.17) is 9.84 Å². The highest BCUT2D eigenvalue weighted by Crippen LogP contribution is 2.47. The van der Waals surface area contributed by atoms with Gasteiger partial charge in [-0.05, 0) is 44.9 Å². The molecule has 0 aliphatic carbocycles. The molecule has 0 aromatic heterocycles. The fraction of sp³-hybridized carbons (Fsp3) is 0.950. The van der Waals surface area contributed by atoms with Crippen molar-refractivity contribution in [2.75, 3.05) is 6.54 Å². The number of hydrogen-bond donors (Lipinski definition) is 3. The maximum Gasteiger partial charge on any atom is 0.303 e. The van der Waals surface area contributed by atoms with Crippen molar-refractivity contribution in [1.29, 1.82) is 0 Å². The van der Waals surface area contributed by atoms with Crippen molar-refractivity contribution in [2.24, 2.45) is 11.8 Å². The predicted molar refractivity (Wildman–Crippen MR) is 98.6 cm³/mol. The van der Waals surface area contributed by atoms with Gasteiger partial charge in [0.15, 0.2) is 0 Å². The van der Waals surface area contributed by atoms with Gasteiger partial charge < -0.3 is 20.3 Å². The number of ether oxygens (including phenoxy) is 1. The van der Waals surface area contributed by atoms with Crippen LogP contribution in [0.15, 0.2) is 0 Å². The molecule has 0 saturated carbocycles. The van der Waals surface area contributed by atoms with Gasteiger partial charge in [-0.25, -0.2) is 0 Å². The van der Waals surface area contributed by atoms with E-state index in [0.717, 1.165) is 32.1 Å². The molecular weight excluding hydrogens is 318 g/mol. The summed E-state index contributed by atoms with van der Waals surface area (Å²) in [4.78, 5) is 10.6. The fourth-order valence-corrected chi connectivity index (χ4v) is 4.79. The van der Waals surface area contributed by atoms with Crippen molar-refractivity contribution in [3.05, 3.63) is 0 Å². The molecule has 0 spiro atoms. The minimum atomic E-state index is -0.688. The topological polar surface area (TPSA) is 78.8 Å². The molecule has 25 heavy (non-hydrogen) atoms. The van der Waals surface area contributed by atoms with E-state index in [1.807, 2.05) is 0 Å². The Balaban J connectivity index is 1.73. The first-order valence-corrected chi connectivity index (χ1v) is 10.3. The largest absolute Gasteiger partial charge is 0.481 e. The Morgan fingerprint density at radius 1 is 1.20 bits per heavy atom. The van der Waals surface area contributed by atoms with Crippen LogP contribution in [-0.2, 0) is 9.53 Å². The molecule has 3 N–H and O–H groups in total. The lowest BCUT2D eigenvalue weighted by atomic mass is 9.73. The molecule has 146 valence electrons. The summed E-state index contributed by atoms with van der Waals surface area (Å²) in [6, 6.07) is 0.374. The van der Waals surface area contributed by atoms with Gasteiger partial charge in [0.1, 0.15) is 0 Å². The van der Waals surface area contributed by atoms with Crippen LogP contribution in [0.5, 0.6) is 0 Å². The zero-order valence-electron chi connectivity index (χ0n) is 16.0. The zero-order valence-corrected chi connectivity index (χ0v) is 16.0. The minimum absolute atomic E-state index is 0.250. The third-order valence-corrected chi connectivity index (χ3v) is 6.04. The van der Waals surface area contributed by atoms with Crippen LogP contribution in [0.3, 0.4) is 0 Å². The Kier molecular flexibility index (Phi) is 8.67. The molecule has 0 aromatic rings. The van der Waals surface area contributed by atoms with Gasteiger partial charge in [0, 0.05) is 24.9 Å². The van der Waals surface area contributed by atoms with Gasteiger partial charge in [-0.15, -0.1) is 0 Å². The smallest absolute Gasteiger partial charge is 0.303 e. The van der Waals surface area contributed by atoms with Crippen LogP contribution in [-0.4, -0.2) is 47.1 Å². The molecule has 2 fully saturated rings. The average Bonchev–Trinajstić information content (AvgIpc) is 3.17. The number of carboxylic acids is 1. The lowest BCUT2D eigenvalue weighted by Gasteiger charge is -2.33. The molecule has 2 saturated heterocycles. The van der Waals surface area contributed by atoms with Gasteiger partial charge in [0.25, 0.3) is 0 Å². The van der Waals surface area contributed by atoms with Crippen molar-refractivity contribution in [2.45, 2.75) is 102 Å². The van der Waals surface area contributed by atoms with E-state index in [1.165, 1.54) is 25.7 Å². The summed E-state index contributed by atoms with van der Waals surface area (Å²) in [6.07, 6.45) is 10.3. The first kappa shape index (κ1) is 20.7. The van der Waals surface area contributed by atoms with E-state index in [9.17, 15) is 9.90 Å². The quantitative estimate of drug-likeness (QED) is 0.442. The van der Waals surface area contributed by atoms with E-state index in [2.05, 4.69) is 19.2 Å². The van der Waals surface area contributed by atoms with E-state index in [1.54, 1.807) is 0 Å². The summed E-state index contributed by atoms with van der Waals surface area (Å²) >= 11 is 0. The Bertz CT molecular complexity index is 403. The summed E-state index contributed by atoms with van der Waals surface area (Å²) in [6.45, 7) is 5.01. The lowest BCUT2D eigenvalue weighted by molar-refractivity contribution is -0.137. The van der Waals surface area contributed by atoms with Crippen LogP contribution < -0.4 is 5.32 Å². The Labute approximate surface area is 152 Å². The standard InChI is InChI=1S/C20H37NO4/c1-3-8-15(22)13-21-14(2)20-16(17-11-12-18(20)25-17)9-6-4-5-7-10-19(23)24/h14-18,20-22H,3-13H2,1-2H3,(H,23,24). The second-order valence-corrected chi connectivity index (χ2v) is 8.02. The number of carbonyl (C=O) groups is 1. The number of rotatable bonds is 13. The number of fused-ring (bicyclic) bond motifs is 2. The van der Waals surface area contributed by atoms with Crippen LogP contribution in [0.4, 0.5) is 0 Å². The molecule has 6 unspecified atom stereocenters. The van der Waals surface area contributed by atoms with E-state index < -0.39 is 5.97 Å². The highest BCUT2D eigenvalue weighted by molar-refractivity contribution is 5.66. The maximum absolute atomic E-state index is 10.6. The molecule has 6 atom stereocenters. The Morgan fingerprint density at radius 2 is 1.92 bits per heavy atom. The first-order chi connectivity index (χ1) is 12.0. The Morgan fingerprint density at radius 3 is 2.64 bits per heavy atom.